The fourth-order valence-corrected chi connectivity index (χ4v) is 5.34. The van der Waals surface area contributed by atoms with E-state index in [0.29, 0.717) is 10.6 Å². The van der Waals surface area contributed by atoms with Crippen LogP contribution in [0.15, 0.2) is 6.07 Å². The summed E-state index contributed by atoms with van der Waals surface area (Å²) in [5.41, 5.74) is 0.338. The Labute approximate surface area is 150 Å². The van der Waals surface area contributed by atoms with Gasteiger partial charge >= 0.3 is 11.9 Å². The molecule has 3 saturated carbocycles. The predicted molar refractivity (Wildman–Crippen MR) is 93.7 cm³/mol. The number of hydrogen-bond acceptors (Lipinski definition) is 5. The molecular formula is C18H23NO5S. The normalized spacial score (nSPS) is 27.8. The Balaban J connectivity index is 1.85. The Kier molecular flexibility index (Phi) is 5.13. The van der Waals surface area contributed by atoms with E-state index in [1.807, 2.05) is 6.92 Å². The number of carboxylic acids is 1. The molecule has 4 rings (SSSR count). The van der Waals surface area contributed by atoms with Gasteiger partial charge in [-0.3, -0.25) is 9.59 Å². The number of amides is 1. The summed E-state index contributed by atoms with van der Waals surface area (Å²) in [6.07, 6.45) is 4.33. The van der Waals surface area contributed by atoms with Gasteiger partial charge in [0.25, 0.3) is 0 Å². The van der Waals surface area contributed by atoms with Gasteiger partial charge in [0.15, 0.2) is 0 Å². The molecule has 0 aromatic carbocycles. The van der Waals surface area contributed by atoms with Gasteiger partial charge in [0.05, 0.1) is 24.5 Å². The highest BCUT2D eigenvalue weighted by molar-refractivity contribution is 7.16. The molecule has 1 aromatic heterocycles. The zero-order valence-electron chi connectivity index (χ0n) is 14.4. The first-order chi connectivity index (χ1) is 12.0. The summed E-state index contributed by atoms with van der Waals surface area (Å²) in [6.45, 7) is 1.97. The average Bonchev–Trinajstić information content (AvgIpc) is 3.03. The van der Waals surface area contributed by atoms with Crippen molar-refractivity contribution in [1.29, 1.82) is 0 Å². The van der Waals surface area contributed by atoms with Crippen LogP contribution in [-0.4, -0.2) is 30.1 Å². The molecule has 0 radical (unpaired) electrons. The first kappa shape index (κ1) is 17.9. The van der Waals surface area contributed by atoms with Gasteiger partial charge < -0.3 is 15.2 Å². The number of esters is 1. The van der Waals surface area contributed by atoms with Crippen LogP contribution in [0, 0.1) is 23.7 Å². The number of carboxylic acid groups (broad SMARTS) is 1. The summed E-state index contributed by atoms with van der Waals surface area (Å²) in [5.74, 6) is -2.63. The first-order valence-electron chi connectivity index (χ1n) is 8.70. The molecule has 2 bridgehead atoms. The third-order valence-corrected chi connectivity index (χ3v) is 6.78. The van der Waals surface area contributed by atoms with Gasteiger partial charge in [0.2, 0.25) is 5.91 Å². The molecule has 7 heteroatoms. The summed E-state index contributed by atoms with van der Waals surface area (Å²) in [6, 6.07) is 1.73. The minimum absolute atomic E-state index is 0.0767. The minimum Gasteiger partial charge on any atom is -0.481 e. The number of carbonyl (C=O) groups is 3. The molecule has 25 heavy (non-hydrogen) atoms. The van der Waals surface area contributed by atoms with E-state index in [4.69, 9.17) is 4.74 Å². The van der Waals surface area contributed by atoms with Crippen LogP contribution in [0.25, 0.3) is 0 Å². The number of carbonyl (C=O) groups excluding carboxylic acids is 2. The fraction of sp³-hybridized carbons (Fsp3) is 0.611. The van der Waals surface area contributed by atoms with Crippen LogP contribution in [0.5, 0.6) is 0 Å². The summed E-state index contributed by atoms with van der Waals surface area (Å²) < 4.78 is 4.79. The van der Waals surface area contributed by atoms with Crippen molar-refractivity contribution in [1.82, 2.24) is 0 Å². The van der Waals surface area contributed by atoms with Crippen molar-refractivity contribution in [2.75, 3.05) is 12.4 Å². The Morgan fingerprint density at radius 1 is 1.20 bits per heavy atom. The highest BCUT2D eigenvalue weighted by Gasteiger charge is 2.50. The smallest absolute Gasteiger partial charge is 0.340 e. The first-order valence-corrected chi connectivity index (χ1v) is 9.52. The van der Waals surface area contributed by atoms with Crippen molar-refractivity contribution in [2.24, 2.45) is 23.7 Å². The molecule has 0 spiro atoms. The minimum atomic E-state index is -0.886. The maximum absolute atomic E-state index is 12.9. The lowest BCUT2D eigenvalue weighted by molar-refractivity contribution is -0.156. The standard InChI is InChI=1S/C18H23NO5S/c1-3-11-8-12(18(23)24-2)16(25-11)19-15(20)13-9-4-6-10(7-5-9)14(13)17(21)22/h8-10,13-14H,3-7H2,1-2H3,(H,19,20)(H,21,22)/t9?,10?,13-,14-/m0/s1. The number of aliphatic carboxylic acids is 1. The second-order valence-electron chi connectivity index (χ2n) is 6.85. The third kappa shape index (κ3) is 3.29. The quantitative estimate of drug-likeness (QED) is 0.782. The second-order valence-corrected chi connectivity index (χ2v) is 7.99. The fourth-order valence-electron chi connectivity index (χ4n) is 4.35. The van der Waals surface area contributed by atoms with Crippen LogP contribution in [0.1, 0.15) is 47.8 Å². The second kappa shape index (κ2) is 7.15. The summed E-state index contributed by atoms with van der Waals surface area (Å²) in [4.78, 5) is 37.6. The van der Waals surface area contributed by atoms with Crippen LogP contribution in [0.4, 0.5) is 5.00 Å². The van der Waals surface area contributed by atoms with Gasteiger partial charge in [-0.15, -0.1) is 11.3 Å². The molecule has 0 unspecified atom stereocenters. The summed E-state index contributed by atoms with van der Waals surface area (Å²) >= 11 is 1.34. The number of thiophene rings is 1. The van der Waals surface area contributed by atoms with E-state index >= 15 is 0 Å². The maximum atomic E-state index is 12.9. The lowest BCUT2D eigenvalue weighted by Gasteiger charge is -2.45. The van der Waals surface area contributed by atoms with Gasteiger partial charge in [0.1, 0.15) is 5.00 Å². The van der Waals surface area contributed by atoms with Crippen molar-refractivity contribution in [3.05, 3.63) is 16.5 Å². The molecule has 1 heterocycles. The molecule has 3 fully saturated rings. The molecule has 1 amide bonds. The Morgan fingerprint density at radius 2 is 1.80 bits per heavy atom. The number of anilines is 1. The number of rotatable bonds is 5. The zero-order valence-corrected chi connectivity index (χ0v) is 15.2. The summed E-state index contributed by atoms with van der Waals surface area (Å²) in [5, 5.41) is 12.9. The molecule has 1 aromatic rings. The molecule has 3 aliphatic carbocycles. The van der Waals surface area contributed by atoms with Gasteiger partial charge in [-0.2, -0.15) is 0 Å². The average molecular weight is 365 g/mol. The predicted octanol–water partition coefficient (Wildman–Crippen LogP) is 3.17. The van der Waals surface area contributed by atoms with Crippen molar-refractivity contribution < 1.29 is 24.2 Å². The number of methoxy groups -OCH3 is 1. The monoisotopic (exact) mass is 365 g/mol. The van der Waals surface area contributed by atoms with Crippen molar-refractivity contribution in [3.63, 3.8) is 0 Å². The van der Waals surface area contributed by atoms with Gasteiger partial charge in [-0.05, 0) is 50.0 Å². The SMILES string of the molecule is CCc1cc(C(=O)OC)c(NC(=O)[C@H]2C3CCC(CC3)[C@@H]2C(=O)O)s1. The van der Waals surface area contributed by atoms with Crippen LogP contribution in [0.3, 0.4) is 0 Å². The number of aryl methyl sites for hydroxylation is 1. The molecule has 136 valence electrons. The molecule has 3 aliphatic rings. The van der Waals surface area contributed by atoms with E-state index in [9.17, 15) is 19.5 Å². The van der Waals surface area contributed by atoms with Crippen LogP contribution < -0.4 is 5.32 Å². The van der Waals surface area contributed by atoms with Crippen molar-refractivity contribution >= 4 is 34.2 Å². The molecule has 2 N–H and O–H groups in total. The topological polar surface area (TPSA) is 92.7 Å². The Hall–Kier alpha value is -1.89. The van der Waals surface area contributed by atoms with Crippen molar-refractivity contribution in [2.45, 2.75) is 39.0 Å². The van der Waals surface area contributed by atoms with Gasteiger partial charge in [-0.25, -0.2) is 4.79 Å². The number of fused-ring (bicyclic) bond motifs is 3. The number of nitrogens with one attached hydrogen (secondary N) is 1. The highest BCUT2D eigenvalue weighted by Crippen LogP contribution is 2.49. The van der Waals surface area contributed by atoms with Crippen LogP contribution >= 0.6 is 11.3 Å². The number of hydrogen-bond donors (Lipinski definition) is 2. The molecule has 0 aliphatic heterocycles. The van der Waals surface area contributed by atoms with E-state index in [1.165, 1.54) is 18.4 Å². The lowest BCUT2D eigenvalue weighted by atomic mass is 9.58. The van der Waals surface area contributed by atoms with Crippen molar-refractivity contribution in [3.8, 4) is 0 Å². The van der Waals surface area contributed by atoms with E-state index in [-0.39, 0.29) is 17.7 Å². The zero-order chi connectivity index (χ0) is 18.1. The molecule has 6 nitrogen and oxygen atoms in total. The third-order valence-electron chi connectivity index (χ3n) is 5.58. The largest absolute Gasteiger partial charge is 0.481 e. The summed E-state index contributed by atoms with van der Waals surface area (Å²) in [7, 11) is 1.30. The molecular weight excluding hydrogens is 342 g/mol. The van der Waals surface area contributed by atoms with Crippen LogP contribution in [-0.2, 0) is 20.7 Å². The Bertz CT molecular complexity index is 690. The van der Waals surface area contributed by atoms with E-state index < -0.39 is 23.8 Å². The number of ether oxygens (including phenoxy) is 1. The highest BCUT2D eigenvalue weighted by atomic mass is 32.1. The molecule has 0 saturated heterocycles. The lowest BCUT2D eigenvalue weighted by Crippen LogP contribution is -2.49. The van der Waals surface area contributed by atoms with E-state index in [0.717, 1.165) is 37.0 Å². The maximum Gasteiger partial charge on any atom is 0.340 e. The van der Waals surface area contributed by atoms with Crippen LogP contribution in [0.2, 0.25) is 0 Å². The Morgan fingerprint density at radius 3 is 2.32 bits per heavy atom. The van der Waals surface area contributed by atoms with E-state index in [1.54, 1.807) is 6.07 Å². The van der Waals surface area contributed by atoms with Gasteiger partial charge in [0, 0.05) is 4.88 Å². The molecule has 2 atom stereocenters. The van der Waals surface area contributed by atoms with Gasteiger partial charge in [-0.1, -0.05) is 6.92 Å². The van der Waals surface area contributed by atoms with E-state index in [2.05, 4.69) is 5.32 Å².